The van der Waals surface area contributed by atoms with Crippen LogP contribution in [0.4, 0.5) is 0 Å². The fourth-order valence-corrected chi connectivity index (χ4v) is 2.00. The first kappa shape index (κ1) is 14.3. The zero-order valence-corrected chi connectivity index (χ0v) is 11.2. The Morgan fingerprint density at radius 1 is 1.59 bits per heavy atom. The van der Waals surface area contributed by atoms with Crippen LogP contribution in [0.3, 0.4) is 0 Å². The van der Waals surface area contributed by atoms with Crippen LogP contribution in [0.25, 0.3) is 0 Å². The molecule has 0 fully saturated rings. The van der Waals surface area contributed by atoms with Crippen LogP contribution in [0, 0.1) is 5.92 Å². The van der Waals surface area contributed by atoms with Crippen molar-refractivity contribution in [3.8, 4) is 0 Å². The minimum atomic E-state index is -0.731. The fraction of sp³-hybridized carbons (Fsp3) is 0.700. The average molecular weight is 278 g/mol. The summed E-state index contributed by atoms with van der Waals surface area (Å²) in [5, 5.41) is 15.7. The average Bonchev–Trinajstić information content (AvgIpc) is 2.68. The number of rotatable bonds is 8. The number of hydrogen-bond acceptors (Lipinski definition) is 5. The van der Waals surface area contributed by atoms with E-state index in [1.807, 2.05) is 0 Å². The molecule has 7 heteroatoms. The van der Waals surface area contributed by atoms with Crippen molar-refractivity contribution in [3.05, 3.63) is 10.0 Å². The Balaban J connectivity index is 2.08. The van der Waals surface area contributed by atoms with Crippen LogP contribution in [-0.2, 0) is 11.3 Å². The molecular weight excluding hydrogens is 262 g/mol. The molecule has 1 atom stereocenters. The van der Waals surface area contributed by atoms with Crippen molar-refractivity contribution in [1.29, 1.82) is 0 Å². The van der Waals surface area contributed by atoms with Gasteiger partial charge in [0.2, 0.25) is 0 Å². The van der Waals surface area contributed by atoms with E-state index in [-0.39, 0.29) is 6.42 Å². The summed E-state index contributed by atoms with van der Waals surface area (Å²) in [5.41, 5.74) is 0.773. The van der Waals surface area contributed by atoms with Gasteiger partial charge in [0.1, 0.15) is 10.0 Å². The Labute approximate surface area is 109 Å². The van der Waals surface area contributed by atoms with Crippen molar-refractivity contribution in [2.45, 2.75) is 32.7 Å². The first-order valence-corrected chi connectivity index (χ1v) is 6.64. The van der Waals surface area contributed by atoms with Crippen LogP contribution in [-0.4, -0.2) is 27.2 Å². The molecule has 1 heterocycles. The number of nitrogens with one attached hydrogen (secondary N) is 1. The minimum absolute atomic E-state index is 0.239. The van der Waals surface area contributed by atoms with Gasteiger partial charge in [0.25, 0.3) is 0 Å². The number of carboxylic acid groups (broad SMARTS) is 1. The van der Waals surface area contributed by atoms with Crippen molar-refractivity contribution in [3.63, 3.8) is 0 Å². The van der Waals surface area contributed by atoms with Crippen molar-refractivity contribution < 1.29 is 9.90 Å². The van der Waals surface area contributed by atoms with Crippen LogP contribution in [0.2, 0.25) is 4.34 Å². The van der Waals surface area contributed by atoms with Crippen molar-refractivity contribution in [1.82, 2.24) is 14.9 Å². The van der Waals surface area contributed by atoms with Crippen LogP contribution in [0.5, 0.6) is 0 Å². The molecule has 0 aliphatic rings. The van der Waals surface area contributed by atoms with Gasteiger partial charge in [-0.3, -0.25) is 4.79 Å². The monoisotopic (exact) mass is 277 g/mol. The van der Waals surface area contributed by atoms with Crippen molar-refractivity contribution in [2.75, 3.05) is 6.54 Å². The number of carbonyl (C=O) groups is 1. The third kappa shape index (κ3) is 5.95. The highest BCUT2D eigenvalue weighted by atomic mass is 35.5. The number of hydrogen-bond donors (Lipinski definition) is 2. The molecule has 0 bridgehead atoms. The van der Waals surface area contributed by atoms with Gasteiger partial charge in [0, 0.05) is 24.5 Å². The van der Waals surface area contributed by atoms with Crippen molar-refractivity contribution >= 4 is 29.1 Å². The second-order valence-electron chi connectivity index (χ2n) is 4.00. The summed E-state index contributed by atoms with van der Waals surface area (Å²) in [7, 11) is 0. The molecule has 17 heavy (non-hydrogen) atoms. The maximum Gasteiger partial charge on any atom is 0.303 e. The molecular formula is C10H16ClN3O2S. The van der Waals surface area contributed by atoms with Gasteiger partial charge in [0.05, 0.1) is 0 Å². The maximum absolute atomic E-state index is 10.4. The molecule has 0 spiro atoms. The predicted octanol–water partition coefficient (Wildman–Crippen LogP) is 2.17. The van der Waals surface area contributed by atoms with E-state index >= 15 is 0 Å². The number of aromatic nitrogens is 2. The fourth-order valence-electron chi connectivity index (χ4n) is 1.37. The SMILES string of the molecule is CC(CCNCc1nnsc1Cl)CCC(=O)O. The van der Waals surface area contributed by atoms with E-state index in [2.05, 4.69) is 21.8 Å². The molecule has 0 aliphatic heterocycles. The first-order chi connectivity index (χ1) is 8.09. The molecule has 1 aromatic heterocycles. The number of nitrogens with zero attached hydrogens (tertiary/aromatic N) is 2. The molecule has 0 saturated heterocycles. The highest BCUT2D eigenvalue weighted by molar-refractivity contribution is 7.10. The quantitative estimate of drug-likeness (QED) is 0.712. The van der Waals surface area contributed by atoms with E-state index < -0.39 is 5.97 Å². The number of aliphatic carboxylic acids is 1. The van der Waals surface area contributed by atoms with E-state index in [1.54, 1.807) is 0 Å². The minimum Gasteiger partial charge on any atom is -0.481 e. The molecule has 96 valence electrons. The number of halogens is 1. The molecule has 0 radical (unpaired) electrons. The van der Waals surface area contributed by atoms with Crippen LogP contribution < -0.4 is 5.32 Å². The largest absolute Gasteiger partial charge is 0.481 e. The summed E-state index contributed by atoms with van der Waals surface area (Å²) in [4.78, 5) is 10.4. The normalized spacial score (nSPS) is 12.6. The third-order valence-corrected chi connectivity index (χ3v) is 3.45. The van der Waals surface area contributed by atoms with E-state index in [9.17, 15) is 4.79 Å². The van der Waals surface area contributed by atoms with Gasteiger partial charge in [0.15, 0.2) is 0 Å². The van der Waals surface area contributed by atoms with E-state index in [4.69, 9.17) is 16.7 Å². The van der Waals surface area contributed by atoms with Gasteiger partial charge in [-0.15, -0.1) is 5.10 Å². The van der Waals surface area contributed by atoms with E-state index in [0.29, 0.717) is 16.8 Å². The smallest absolute Gasteiger partial charge is 0.303 e. The molecule has 0 saturated carbocycles. The van der Waals surface area contributed by atoms with Gasteiger partial charge in [-0.1, -0.05) is 23.0 Å². The zero-order chi connectivity index (χ0) is 12.7. The second-order valence-corrected chi connectivity index (χ2v) is 5.35. The Hall–Kier alpha value is -0.720. The lowest BCUT2D eigenvalue weighted by Gasteiger charge is -2.09. The lowest BCUT2D eigenvalue weighted by molar-refractivity contribution is -0.137. The lowest BCUT2D eigenvalue weighted by atomic mass is 10.0. The molecule has 1 unspecified atom stereocenters. The highest BCUT2D eigenvalue weighted by Gasteiger charge is 2.07. The molecule has 0 amide bonds. The summed E-state index contributed by atoms with van der Waals surface area (Å²) in [6.45, 7) is 3.50. The second kappa shape index (κ2) is 7.58. The summed E-state index contributed by atoms with van der Waals surface area (Å²) in [5.74, 6) is -0.326. The van der Waals surface area contributed by atoms with Crippen molar-refractivity contribution in [2.24, 2.45) is 5.92 Å². The Morgan fingerprint density at radius 3 is 2.94 bits per heavy atom. The molecule has 5 nitrogen and oxygen atoms in total. The van der Waals surface area contributed by atoms with Gasteiger partial charge >= 0.3 is 5.97 Å². The Kier molecular flexibility index (Phi) is 6.39. The number of carboxylic acids is 1. The molecule has 0 aliphatic carbocycles. The van der Waals surface area contributed by atoms with Gasteiger partial charge in [-0.2, -0.15) is 0 Å². The topological polar surface area (TPSA) is 75.1 Å². The molecule has 1 rings (SSSR count). The van der Waals surface area contributed by atoms with E-state index in [1.165, 1.54) is 11.5 Å². The Bertz CT molecular complexity index is 359. The molecule has 0 aromatic carbocycles. The zero-order valence-electron chi connectivity index (χ0n) is 9.65. The van der Waals surface area contributed by atoms with Gasteiger partial charge < -0.3 is 10.4 Å². The summed E-state index contributed by atoms with van der Waals surface area (Å²) in [6, 6.07) is 0. The summed E-state index contributed by atoms with van der Waals surface area (Å²) >= 11 is 7.03. The lowest BCUT2D eigenvalue weighted by Crippen LogP contribution is -2.17. The molecule has 1 aromatic rings. The predicted molar refractivity (Wildman–Crippen MR) is 67.3 cm³/mol. The Morgan fingerprint density at radius 2 is 2.35 bits per heavy atom. The van der Waals surface area contributed by atoms with Crippen LogP contribution >= 0.6 is 23.1 Å². The third-order valence-electron chi connectivity index (χ3n) is 2.47. The highest BCUT2D eigenvalue weighted by Crippen LogP contribution is 2.16. The van der Waals surface area contributed by atoms with Gasteiger partial charge in [-0.25, -0.2) is 0 Å². The van der Waals surface area contributed by atoms with Crippen LogP contribution in [0.1, 0.15) is 31.9 Å². The summed E-state index contributed by atoms with van der Waals surface area (Å²) < 4.78 is 4.36. The first-order valence-electron chi connectivity index (χ1n) is 5.49. The maximum atomic E-state index is 10.4. The standard InChI is InChI=1S/C10H16ClN3O2S/c1-7(2-3-9(15)16)4-5-12-6-8-10(11)17-14-13-8/h7,12H,2-6H2,1H3,(H,15,16). The molecule has 2 N–H and O–H groups in total. The summed E-state index contributed by atoms with van der Waals surface area (Å²) in [6.07, 6.45) is 1.90. The van der Waals surface area contributed by atoms with E-state index in [0.717, 1.165) is 25.1 Å². The van der Waals surface area contributed by atoms with Gasteiger partial charge in [-0.05, 0) is 25.3 Å². The van der Waals surface area contributed by atoms with Crippen LogP contribution in [0.15, 0.2) is 0 Å².